The van der Waals surface area contributed by atoms with Gasteiger partial charge in [-0.2, -0.15) is 0 Å². The molecule has 21 heavy (non-hydrogen) atoms. The van der Waals surface area contributed by atoms with Gasteiger partial charge in [0.25, 0.3) is 0 Å². The third-order valence-electron chi connectivity index (χ3n) is 2.74. The topological polar surface area (TPSA) is 47.6 Å². The molecule has 0 aromatic carbocycles. The maximum Gasteiger partial charge on any atom is 0.406 e. The first-order valence-corrected chi connectivity index (χ1v) is 10.1. The van der Waals surface area contributed by atoms with E-state index in [9.17, 15) is 4.57 Å². The van der Waals surface area contributed by atoms with E-state index in [1.807, 2.05) is 0 Å². The first-order valence-electron chi connectivity index (χ1n) is 6.29. The van der Waals surface area contributed by atoms with Crippen molar-refractivity contribution >= 4 is 77.4 Å². The van der Waals surface area contributed by atoms with Crippen molar-refractivity contribution in [2.45, 2.75) is 45.7 Å². The predicted molar refractivity (Wildman–Crippen MR) is 90.1 cm³/mol. The molecule has 1 aliphatic rings. The van der Waals surface area contributed by atoms with E-state index >= 15 is 0 Å². The molecule has 1 fully saturated rings. The first-order chi connectivity index (χ1) is 9.49. The van der Waals surface area contributed by atoms with Gasteiger partial charge in [-0.15, -0.1) is 0 Å². The van der Waals surface area contributed by atoms with E-state index in [0.717, 1.165) is 32.1 Å². The van der Waals surface area contributed by atoms with E-state index in [1.54, 1.807) is 0 Å². The lowest BCUT2D eigenvalue weighted by Crippen LogP contribution is -2.32. The zero-order valence-corrected chi connectivity index (χ0v) is 16.4. The Kier molecular flexibility index (Phi) is 8.76. The van der Waals surface area contributed by atoms with Gasteiger partial charge >= 0.3 is 7.75 Å². The van der Waals surface area contributed by atoms with Gasteiger partial charge in [0.15, 0.2) is 0 Å². The average molecular weight is 442 g/mol. The molecular formula is C10H16Cl6NO3P. The van der Waals surface area contributed by atoms with Crippen LogP contribution in [0.1, 0.15) is 32.1 Å². The molecule has 0 amide bonds. The summed E-state index contributed by atoms with van der Waals surface area (Å²) in [6.07, 6.45) is 4.93. The zero-order valence-electron chi connectivity index (χ0n) is 11.0. The smallest absolute Gasteiger partial charge is 0.292 e. The number of alkyl halides is 6. The minimum Gasteiger partial charge on any atom is -0.292 e. The molecule has 1 rings (SSSR count). The summed E-state index contributed by atoms with van der Waals surface area (Å²) in [5, 5.41) is 2.84. The highest BCUT2D eigenvalue weighted by Crippen LogP contribution is 2.49. The third kappa shape index (κ3) is 10.3. The van der Waals surface area contributed by atoms with Crippen molar-refractivity contribution in [2.75, 3.05) is 13.2 Å². The van der Waals surface area contributed by atoms with Crippen molar-refractivity contribution in [3.8, 4) is 0 Å². The van der Waals surface area contributed by atoms with Crippen LogP contribution in [0.25, 0.3) is 0 Å². The molecule has 0 unspecified atom stereocenters. The van der Waals surface area contributed by atoms with Gasteiger partial charge in [0, 0.05) is 6.04 Å². The van der Waals surface area contributed by atoms with Crippen LogP contribution in [0.15, 0.2) is 0 Å². The van der Waals surface area contributed by atoms with Crippen LogP contribution in [-0.2, 0) is 13.6 Å². The van der Waals surface area contributed by atoms with Crippen LogP contribution < -0.4 is 5.09 Å². The maximum absolute atomic E-state index is 12.7. The normalized spacial score (nSPS) is 19.0. The number of hydrogen-bond acceptors (Lipinski definition) is 3. The second kappa shape index (κ2) is 8.80. The largest absolute Gasteiger partial charge is 0.406 e. The van der Waals surface area contributed by atoms with Gasteiger partial charge in [0.1, 0.15) is 13.2 Å². The molecule has 0 radical (unpaired) electrons. The first kappa shape index (κ1) is 20.9. The Balaban J connectivity index is 2.65. The Hall–Kier alpha value is 1.85. The molecule has 0 atom stereocenters. The minimum atomic E-state index is -3.74. The molecule has 1 aliphatic carbocycles. The highest BCUT2D eigenvalue weighted by molar-refractivity contribution is 7.51. The van der Waals surface area contributed by atoms with Gasteiger partial charge < -0.3 is 0 Å². The van der Waals surface area contributed by atoms with E-state index < -0.39 is 28.5 Å². The van der Waals surface area contributed by atoms with Crippen molar-refractivity contribution in [1.82, 2.24) is 5.09 Å². The number of nitrogens with one attached hydrogen (secondary N) is 1. The number of halogens is 6. The lowest BCUT2D eigenvalue weighted by atomic mass is 9.96. The average Bonchev–Trinajstić information content (AvgIpc) is 2.34. The van der Waals surface area contributed by atoms with Gasteiger partial charge in [-0.3, -0.25) is 9.05 Å². The SMILES string of the molecule is O=P(NC1CCCCC1)(OCC(Cl)(Cl)Cl)OCC(Cl)(Cl)Cl. The molecule has 0 heterocycles. The predicted octanol–water partition coefficient (Wildman–Crippen LogP) is 5.79. The fraction of sp³-hybridized carbons (Fsp3) is 1.00. The molecule has 1 saturated carbocycles. The second-order valence-electron chi connectivity index (χ2n) is 4.74. The molecule has 0 spiro atoms. The summed E-state index contributed by atoms with van der Waals surface area (Å²) in [7, 11) is -3.74. The van der Waals surface area contributed by atoms with Crippen molar-refractivity contribution in [2.24, 2.45) is 0 Å². The molecule has 0 bridgehead atoms. The molecule has 11 heteroatoms. The monoisotopic (exact) mass is 439 g/mol. The Labute approximate surface area is 154 Å². The van der Waals surface area contributed by atoms with Crippen LogP contribution in [0.2, 0.25) is 0 Å². The Bertz CT molecular complexity index is 345. The van der Waals surface area contributed by atoms with E-state index in [2.05, 4.69) is 5.09 Å². The third-order valence-corrected chi connectivity index (χ3v) is 5.02. The van der Waals surface area contributed by atoms with Crippen LogP contribution in [0, 0.1) is 0 Å². The summed E-state index contributed by atoms with van der Waals surface area (Å²) in [5.41, 5.74) is 0. The minimum absolute atomic E-state index is 0.00432. The Morgan fingerprint density at radius 2 is 1.33 bits per heavy atom. The van der Waals surface area contributed by atoms with Crippen molar-refractivity contribution < 1.29 is 13.6 Å². The van der Waals surface area contributed by atoms with Crippen LogP contribution in [0.4, 0.5) is 0 Å². The Morgan fingerprint density at radius 3 is 1.71 bits per heavy atom. The molecule has 126 valence electrons. The number of hydrogen-bond donors (Lipinski definition) is 1. The van der Waals surface area contributed by atoms with Crippen molar-refractivity contribution in [3.05, 3.63) is 0 Å². The van der Waals surface area contributed by atoms with E-state index in [0.29, 0.717) is 0 Å². The van der Waals surface area contributed by atoms with E-state index in [-0.39, 0.29) is 6.04 Å². The van der Waals surface area contributed by atoms with Gasteiger partial charge in [-0.05, 0) is 12.8 Å². The second-order valence-corrected chi connectivity index (χ2v) is 11.5. The molecule has 0 aliphatic heterocycles. The fourth-order valence-corrected chi connectivity index (χ4v) is 4.32. The summed E-state index contributed by atoms with van der Waals surface area (Å²) in [6, 6.07) is -0.00432. The van der Waals surface area contributed by atoms with Crippen molar-refractivity contribution in [3.63, 3.8) is 0 Å². The standard InChI is InChI=1S/C10H16Cl6NO3P/c11-9(12,13)6-19-21(18,20-7-10(14,15)16)17-8-4-2-1-3-5-8/h8H,1-7H2,(H,17,18). The van der Waals surface area contributed by atoms with Crippen LogP contribution in [0.5, 0.6) is 0 Å². The lowest BCUT2D eigenvalue weighted by molar-refractivity contribution is 0.193. The van der Waals surface area contributed by atoms with Gasteiger partial charge in [-0.1, -0.05) is 88.9 Å². The highest BCUT2D eigenvalue weighted by Gasteiger charge is 2.35. The van der Waals surface area contributed by atoms with Gasteiger partial charge in [-0.25, -0.2) is 9.65 Å². The zero-order chi connectivity index (χ0) is 16.1. The molecule has 0 saturated heterocycles. The highest BCUT2D eigenvalue weighted by atomic mass is 35.6. The molecule has 1 N–H and O–H groups in total. The molecular weight excluding hydrogens is 426 g/mol. The fourth-order valence-electron chi connectivity index (χ4n) is 1.88. The van der Waals surface area contributed by atoms with Crippen LogP contribution >= 0.6 is 77.4 Å². The van der Waals surface area contributed by atoms with Gasteiger partial charge in [0.2, 0.25) is 7.59 Å². The molecule has 0 aromatic rings. The Morgan fingerprint density at radius 1 is 0.905 bits per heavy atom. The van der Waals surface area contributed by atoms with Crippen LogP contribution in [0.3, 0.4) is 0 Å². The molecule has 0 aromatic heterocycles. The number of rotatable bonds is 6. The summed E-state index contributed by atoms with van der Waals surface area (Å²) in [4.78, 5) is 0. The lowest BCUT2D eigenvalue weighted by Gasteiger charge is -2.29. The summed E-state index contributed by atoms with van der Waals surface area (Å²) < 4.78 is 19.5. The summed E-state index contributed by atoms with van der Waals surface area (Å²) in [6.45, 7) is -0.816. The maximum atomic E-state index is 12.7. The van der Waals surface area contributed by atoms with Gasteiger partial charge in [0.05, 0.1) is 0 Å². The van der Waals surface area contributed by atoms with E-state index in [4.69, 9.17) is 78.7 Å². The quantitative estimate of drug-likeness (QED) is 0.418. The van der Waals surface area contributed by atoms with Crippen LogP contribution in [-0.4, -0.2) is 26.8 Å². The van der Waals surface area contributed by atoms with Crippen molar-refractivity contribution in [1.29, 1.82) is 0 Å². The molecule has 4 nitrogen and oxygen atoms in total. The summed E-state index contributed by atoms with van der Waals surface area (Å²) >= 11 is 33.6. The van der Waals surface area contributed by atoms with E-state index in [1.165, 1.54) is 0 Å². The summed E-state index contributed by atoms with van der Waals surface area (Å²) in [5.74, 6) is 0.